The van der Waals surface area contributed by atoms with Gasteiger partial charge in [0.1, 0.15) is 0 Å². The molecule has 1 aromatic rings. The normalized spacial score (nSPS) is 14.9. The van der Waals surface area contributed by atoms with Gasteiger partial charge in [0.05, 0.1) is 0 Å². The standard InChI is InChI=1S/C21H31N3O3/c1-22-19(25)13-12-16-8-6-7-11-18(16)24-21(27)15-14-20(26)23-17-9-4-2-3-5-10-17/h6-8,11,17H,2-5,9-10,12-15H2,1H3,(H,22,25)(H,23,26)(H,24,27). The van der Waals surface area contributed by atoms with Gasteiger partial charge >= 0.3 is 0 Å². The highest BCUT2D eigenvalue weighted by atomic mass is 16.2. The summed E-state index contributed by atoms with van der Waals surface area (Å²) in [6, 6.07) is 7.71. The van der Waals surface area contributed by atoms with Crippen molar-refractivity contribution in [1.29, 1.82) is 0 Å². The Hall–Kier alpha value is -2.37. The zero-order chi connectivity index (χ0) is 19.5. The number of para-hydroxylation sites is 1. The number of rotatable bonds is 8. The van der Waals surface area contributed by atoms with Gasteiger partial charge in [0, 0.05) is 38.0 Å². The molecule has 3 N–H and O–H groups in total. The summed E-state index contributed by atoms with van der Waals surface area (Å²) in [5.41, 5.74) is 1.62. The zero-order valence-corrected chi connectivity index (χ0v) is 16.2. The fraction of sp³-hybridized carbons (Fsp3) is 0.571. The molecule has 0 radical (unpaired) electrons. The van der Waals surface area contributed by atoms with Gasteiger partial charge in [-0.2, -0.15) is 0 Å². The van der Waals surface area contributed by atoms with Crippen LogP contribution in [0.25, 0.3) is 0 Å². The summed E-state index contributed by atoms with van der Waals surface area (Å²) in [4.78, 5) is 35.8. The molecule has 0 atom stereocenters. The third-order valence-electron chi connectivity index (χ3n) is 4.99. The summed E-state index contributed by atoms with van der Waals surface area (Å²) in [7, 11) is 1.61. The van der Waals surface area contributed by atoms with Crippen molar-refractivity contribution < 1.29 is 14.4 Å². The van der Waals surface area contributed by atoms with Crippen molar-refractivity contribution in [3.63, 3.8) is 0 Å². The average molecular weight is 373 g/mol. The number of amides is 3. The number of benzene rings is 1. The maximum atomic E-state index is 12.2. The fourth-order valence-corrected chi connectivity index (χ4v) is 3.40. The van der Waals surface area contributed by atoms with Crippen LogP contribution in [0.15, 0.2) is 24.3 Å². The van der Waals surface area contributed by atoms with Crippen molar-refractivity contribution in [2.75, 3.05) is 12.4 Å². The van der Waals surface area contributed by atoms with E-state index in [1.807, 2.05) is 24.3 Å². The second kappa shape index (κ2) is 11.4. The second-order valence-electron chi connectivity index (χ2n) is 7.13. The number of aryl methyl sites for hydroxylation is 1. The maximum Gasteiger partial charge on any atom is 0.224 e. The quantitative estimate of drug-likeness (QED) is 0.612. The van der Waals surface area contributed by atoms with Gasteiger partial charge in [-0.15, -0.1) is 0 Å². The van der Waals surface area contributed by atoms with Crippen LogP contribution in [0.1, 0.15) is 63.4 Å². The van der Waals surface area contributed by atoms with Crippen molar-refractivity contribution in [3.8, 4) is 0 Å². The number of nitrogens with one attached hydrogen (secondary N) is 3. The summed E-state index contributed by atoms with van der Waals surface area (Å²) >= 11 is 0. The third kappa shape index (κ3) is 7.81. The van der Waals surface area contributed by atoms with Gasteiger partial charge in [-0.1, -0.05) is 43.9 Å². The Bertz CT molecular complexity index is 637. The highest BCUT2D eigenvalue weighted by Crippen LogP contribution is 2.18. The van der Waals surface area contributed by atoms with Crippen LogP contribution in [0.3, 0.4) is 0 Å². The summed E-state index contributed by atoms with van der Waals surface area (Å²) in [5, 5.41) is 8.53. The predicted molar refractivity (Wildman–Crippen MR) is 106 cm³/mol. The third-order valence-corrected chi connectivity index (χ3v) is 4.99. The van der Waals surface area contributed by atoms with E-state index in [0.29, 0.717) is 18.5 Å². The van der Waals surface area contributed by atoms with Crippen molar-refractivity contribution in [2.45, 2.75) is 70.3 Å². The van der Waals surface area contributed by atoms with E-state index in [-0.39, 0.29) is 36.6 Å². The molecule has 2 rings (SSSR count). The molecule has 3 amide bonds. The van der Waals surface area contributed by atoms with Crippen molar-refractivity contribution in [1.82, 2.24) is 10.6 Å². The molecule has 0 spiro atoms. The first-order chi connectivity index (χ1) is 13.1. The molecule has 1 aromatic carbocycles. The molecule has 0 unspecified atom stereocenters. The fourth-order valence-electron chi connectivity index (χ4n) is 3.40. The van der Waals surface area contributed by atoms with Crippen LogP contribution in [-0.2, 0) is 20.8 Å². The number of anilines is 1. The molecule has 0 saturated heterocycles. The van der Waals surface area contributed by atoms with Crippen molar-refractivity contribution >= 4 is 23.4 Å². The Kier molecular flexibility index (Phi) is 8.81. The Labute approximate surface area is 161 Å². The Balaban J connectivity index is 1.78. The molecule has 27 heavy (non-hydrogen) atoms. The molecule has 1 saturated carbocycles. The largest absolute Gasteiger partial charge is 0.359 e. The summed E-state index contributed by atoms with van der Waals surface area (Å²) in [6.45, 7) is 0. The first kappa shape index (κ1) is 20.9. The summed E-state index contributed by atoms with van der Waals surface area (Å²) in [6.07, 6.45) is 8.17. The zero-order valence-electron chi connectivity index (χ0n) is 16.2. The van der Waals surface area contributed by atoms with Crippen LogP contribution in [0.4, 0.5) is 5.69 Å². The topological polar surface area (TPSA) is 87.3 Å². The number of carbonyl (C=O) groups is 3. The Morgan fingerprint density at radius 1 is 0.889 bits per heavy atom. The van der Waals surface area contributed by atoms with Gasteiger partial charge in [0.25, 0.3) is 0 Å². The smallest absolute Gasteiger partial charge is 0.224 e. The van der Waals surface area contributed by atoms with E-state index in [1.165, 1.54) is 12.8 Å². The number of hydrogen-bond acceptors (Lipinski definition) is 3. The number of carbonyl (C=O) groups excluding carboxylic acids is 3. The maximum absolute atomic E-state index is 12.2. The first-order valence-electron chi connectivity index (χ1n) is 9.96. The van der Waals surface area contributed by atoms with E-state index in [9.17, 15) is 14.4 Å². The van der Waals surface area contributed by atoms with Crippen molar-refractivity contribution in [2.24, 2.45) is 0 Å². The van der Waals surface area contributed by atoms with Crippen LogP contribution in [-0.4, -0.2) is 30.8 Å². The van der Waals surface area contributed by atoms with Gasteiger partial charge in [0.2, 0.25) is 17.7 Å². The van der Waals surface area contributed by atoms with Gasteiger partial charge in [-0.25, -0.2) is 0 Å². The SMILES string of the molecule is CNC(=O)CCc1ccccc1NC(=O)CCC(=O)NC1CCCCCC1. The molecule has 0 aromatic heterocycles. The molecular weight excluding hydrogens is 342 g/mol. The lowest BCUT2D eigenvalue weighted by molar-refractivity contribution is -0.125. The highest BCUT2D eigenvalue weighted by molar-refractivity contribution is 5.94. The van der Waals surface area contributed by atoms with Gasteiger partial charge in [0.15, 0.2) is 0 Å². The predicted octanol–water partition coefficient (Wildman–Crippen LogP) is 2.92. The monoisotopic (exact) mass is 373 g/mol. The van der Waals surface area contributed by atoms with E-state index in [0.717, 1.165) is 31.2 Å². The van der Waals surface area contributed by atoms with E-state index in [1.54, 1.807) is 7.05 Å². The van der Waals surface area contributed by atoms with E-state index < -0.39 is 0 Å². The minimum absolute atomic E-state index is 0.0358. The van der Waals surface area contributed by atoms with Crippen LogP contribution < -0.4 is 16.0 Å². The van der Waals surface area contributed by atoms with Crippen LogP contribution in [0.2, 0.25) is 0 Å². The molecule has 1 aliphatic rings. The first-order valence-corrected chi connectivity index (χ1v) is 9.96. The minimum Gasteiger partial charge on any atom is -0.359 e. The molecule has 6 nitrogen and oxygen atoms in total. The lowest BCUT2D eigenvalue weighted by Gasteiger charge is -2.16. The molecule has 1 aliphatic carbocycles. The molecule has 0 bridgehead atoms. The molecule has 148 valence electrons. The molecular formula is C21H31N3O3. The van der Waals surface area contributed by atoms with E-state index in [4.69, 9.17) is 0 Å². The second-order valence-corrected chi connectivity index (χ2v) is 7.13. The Morgan fingerprint density at radius 3 is 2.26 bits per heavy atom. The molecule has 0 heterocycles. The van der Waals surface area contributed by atoms with Crippen molar-refractivity contribution in [3.05, 3.63) is 29.8 Å². The minimum atomic E-state index is -0.182. The lowest BCUT2D eigenvalue weighted by Crippen LogP contribution is -2.34. The van der Waals surface area contributed by atoms with E-state index in [2.05, 4.69) is 16.0 Å². The molecule has 1 fully saturated rings. The molecule has 6 heteroatoms. The van der Waals surface area contributed by atoms with Crippen LogP contribution in [0, 0.1) is 0 Å². The average Bonchev–Trinajstić information content (AvgIpc) is 2.94. The number of hydrogen-bond donors (Lipinski definition) is 3. The Morgan fingerprint density at radius 2 is 1.56 bits per heavy atom. The summed E-state index contributed by atoms with van der Waals surface area (Å²) < 4.78 is 0. The summed E-state index contributed by atoms with van der Waals surface area (Å²) in [5.74, 6) is -0.269. The lowest BCUT2D eigenvalue weighted by atomic mass is 10.1. The van der Waals surface area contributed by atoms with Crippen LogP contribution >= 0.6 is 0 Å². The highest BCUT2D eigenvalue weighted by Gasteiger charge is 2.16. The molecule has 0 aliphatic heterocycles. The van der Waals surface area contributed by atoms with Gasteiger partial charge < -0.3 is 16.0 Å². The van der Waals surface area contributed by atoms with Gasteiger partial charge in [-0.05, 0) is 30.9 Å². The van der Waals surface area contributed by atoms with E-state index >= 15 is 0 Å². The van der Waals surface area contributed by atoms with Crippen LogP contribution in [0.5, 0.6) is 0 Å². The van der Waals surface area contributed by atoms with Gasteiger partial charge in [-0.3, -0.25) is 14.4 Å².